The minimum absolute atomic E-state index is 0.0253. The highest BCUT2D eigenvalue weighted by Crippen LogP contribution is 2.36. The molecule has 1 aromatic carbocycles. The van der Waals surface area contributed by atoms with Gasteiger partial charge in [-0.15, -0.1) is 11.8 Å². The molecule has 166 valence electrons. The van der Waals surface area contributed by atoms with Crippen LogP contribution in [-0.4, -0.2) is 40.1 Å². The molecule has 0 saturated heterocycles. The Labute approximate surface area is 188 Å². The predicted molar refractivity (Wildman–Crippen MR) is 122 cm³/mol. The first kappa shape index (κ1) is 21.9. The molecule has 2 fully saturated rings. The van der Waals surface area contributed by atoms with Crippen LogP contribution in [-0.2, 0) is 4.74 Å². The van der Waals surface area contributed by atoms with E-state index in [1.807, 2.05) is 16.8 Å². The molecular formula is C24H31N3O3S. The number of amides is 1. The Morgan fingerprint density at radius 1 is 1.00 bits per heavy atom. The van der Waals surface area contributed by atoms with Gasteiger partial charge >= 0.3 is 5.97 Å². The maximum absolute atomic E-state index is 13.2. The van der Waals surface area contributed by atoms with Gasteiger partial charge < -0.3 is 10.1 Å². The van der Waals surface area contributed by atoms with Crippen molar-refractivity contribution < 1.29 is 14.3 Å². The van der Waals surface area contributed by atoms with E-state index in [0.29, 0.717) is 16.4 Å². The smallest absolute Gasteiger partial charge is 0.337 e. The van der Waals surface area contributed by atoms with E-state index in [-0.39, 0.29) is 17.9 Å². The van der Waals surface area contributed by atoms with Gasteiger partial charge in [-0.25, -0.2) is 9.48 Å². The SMILES string of the molecule is COC(=O)c1ccc(-n2ncc(C(=O)NC3CCCCC3)c2SC2CCCCC2)cc1. The van der Waals surface area contributed by atoms with Crippen LogP contribution in [0.1, 0.15) is 84.9 Å². The van der Waals surface area contributed by atoms with Crippen molar-refractivity contribution in [2.24, 2.45) is 0 Å². The number of carbonyl (C=O) groups is 2. The number of ether oxygens (including phenoxy) is 1. The third-order valence-corrected chi connectivity index (χ3v) is 7.69. The van der Waals surface area contributed by atoms with Crippen molar-refractivity contribution in [2.45, 2.75) is 80.5 Å². The van der Waals surface area contributed by atoms with E-state index in [1.165, 1.54) is 58.5 Å². The largest absolute Gasteiger partial charge is 0.465 e. The van der Waals surface area contributed by atoms with Gasteiger partial charge in [0.15, 0.2) is 0 Å². The van der Waals surface area contributed by atoms with Crippen LogP contribution in [0.5, 0.6) is 0 Å². The molecule has 7 heteroatoms. The first-order chi connectivity index (χ1) is 15.2. The standard InChI is InChI=1S/C24H31N3O3S/c1-30-24(29)17-12-14-19(15-13-17)27-23(31-20-10-6-3-7-11-20)21(16-25-27)22(28)26-18-8-4-2-5-9-18/h12-16,18,20H,2-11H2,1H3,(H,26,28). The van der Waals surface area contributed by atoms with Gasteiger partial charge in [-0.05, 0) is 49.9 Å². The van der Waals surface area contributed by atoms with Crippen LogP contribution in [0, 0.1) is 0 Å². The lowest BCUT2D eigenvalue weighted by atomic mass is 9.95. The Balaban J connectivity index is 1.61. The van der Waals surface area contributed by atoms with E-state index in [0.717, 1.165) is 23.6 Å². The van der Waals surface area contributed by atoms with Crippen molar-refractivity contribution >= 4 is 23.6 Å². The molecule has 6 nitrogen and oxygen atoms in total. The lowest BCUT2D eigenvalue weighted by Crippen LogP contribution is -2.36. The molecule has 2 saturated carbocycles. The predicted octanol–water partition coefficient (Wildman–Crippen LogP) is 5.15. The number of esters is 1. The van der Waals surface area contributed by atoms with Crippen molar-refractivity contribution in [2.75, 3.05) is 7.11 Å². The van der Waals surface area contributed by atoms with Gasteiger partial charge in [-0.2, -0.15) is 5.10 Å². The summed E-state index contributed by atoms with van der Waals surface area (Å²) >= 11 is 1.77. The number of carbonyl (C=O) groups excluding carboxylic acids is 2. The molecule has 2 aliphatic rings. The van der Waals surface area contributed by atoms with Crippen molar-refractivity contribution in [3.05, 3.63) is 41.6 Å². The van der Waals surface area contributed by atoms with E-state index in [2.05, 4.69) is 10.4 Å². The fraction of sp³-hybridized carbons (Fsp3) is 0.542. The Morgan fingerprint density at radius 3 is 2.29 bits per heavy atom. The quantitative estimate of drug-likeness (QED) is 0.628. The fourth-order valence-electron chi connectivity index (χ4n) is 4.50. The number of thioether (sulfide) groups is 1. The summed E-state index contributed by atoms with van der Waals surface area (Å²) in [5, 5.41) is 9.22. The summed E-state index contributed by atoms with van der Waals surface area (Å²) in [4.78, 5) is 24.9. The molecule has 0 aliphatic heterocycles. The Morgan fingerprint density at radius 2 is 1.65 bits per heavy atom. The molecule has 1 heterocycles. The summed E-state index contributed by atoms with van der Waals surface area (Å²) in [5.41, 5.74) is 1.98. The number of hydrogen-bond acceptors (Lipinski definition) is 5. The average molecular weight is 442 g/mol. The van der Waals surface area contributed by atoms with Crippen molar-refractivity contribution in [3.8, 4) is 5.69 Å². The first-order valence-corrected chi connectivity index (χ1v) is 12.3. The maximum Gasteiger partial charge on any atom is 0.337 e. The Kier molecular flexibility index (Phi) is 7.33. The molecule has 2 aliphatic carbocycles. The monoisotopic (exact) mass is 441 g/mol. The molecule has 1 amide bonds. The van der Waals surface area contributed by atoms with Gasteiger partial charge in [0.25, 0.3) is 5.91 Å². The lowest BCUT2D eigenvalue weighted by molar-refractivity contribution is 0.0600. The van der Waals surface area contributed by atoms with Crippen LogP contribution in [0.25, 0.3) is 5.69 Å². The molecule has 0 bridgehead atoms. The van der Waals surface area contributed by atoms with E-state index in [9.17, 15) is 9.59 Å². The van der Waals surface area contributed by atoms with Crippen LogP contribution >= 0.6 is 11.8 Å². The number of methoxy groups -OCH3 is 1. The van der Waals surface area contributed by atoms with Crippen LogP contribution in [0.15, 0.2) is 35.5 Å². The normalized spacial score (nSPS) is 18.0. The zero-order chi connectivity index (χ0) is 21.6. The van der Waals surface area contributed by atoms with Gasteiger partial charge in [-0.1, -0.05) is 38.5 Å². The zero-order valence-electron chi connectivity index (χ0n) is 18.1. The second-order valence-corrected chi connectivity index (χ2v) is 9.79. The summed E-state index contributed by atoms with van der Waals surface area (Å²) in [6.07, 6.45) is 13.5. The molecule has 0 spiro atoms. The zero-order valence-corrected chi connectivity index (χ0v) is 19.0. The second kappa shape index (κ2) is 10.4. The van der Waals surface area contributed by atoms with Gasteiger partial charge in [0.1, 0.15) is 5.03 Å². The van der Waals surface area contributed by atoms with Crippen molar-refractivity contribution in [3.63, 3.8) is 0 Å². The third kappa shape index (κ3) is 5.32. The lowest BCUT2D eigenvalue weighted by Gasteiger charge is -2.24. The molecule has 1 aromatic heterocycles. The number of rotatable bonds is 6. The first-order valence-electron chi connectivity index (χ1n) is 11.4. The minimum Gasteiger partial charge on any atom is -0.465 e. The van der Waals surface area contributed by atoms with Gasteiger partial charge in [0, 0.05) is 11.3 Å². The summed E-state index contributed by atoms with van der Waals surface area (Å²) in [6, 6.07) is 7.44. The average Bonchev–Trinajstić information content (AvgIpc) is 3.23. The summed E-state index contributed by atoms with van der Waals surface area (Å²) in [5.74, 6) is -0.390. The second-order valence-electron chi connectivity index (χ2n) is 8.50. The minimum atomic E-state index is -0.364. The number of nitrogens with zero attached hydrogens (tertiary/aromatic N) is 2. The molecule has 0 atom stereocenters. The molecule has 0 unspecified atom stereocenters. The van der Waals surface area contributed by atoms with Crippen molar-refractivity contribution in [1.82, 2.24) is 15.1 Å². The molecule has 1 N–H and O–H groups in total. The highest BCUT2D eigenvalue weighted by Gasteiger charge is 2.25. The molecular weight excluding hydrogens is 410 g/mol. The van der Waals surface area contributed by atoms with Crippen LogP contribution < -0.4 is 5.32 Å². The third-order valence-electron chi connectivity index (χ3n) is 6.27. The Hall–Kier alpha value is -2.28. The summed E-state index contributed by atoms with van der Waals surface area (Å²) < 4.78 is 6.64. The maximum atomic E-state index is 13.2. The number of aromatic nitrogens is 2. The molecule has 31 heavy (non-hydrogen) atoms. The fourth-order valence-corrected chi connectivity index (χ4v) is 5.91. The highest BCUT2D eigenvalue weighted by atomic mass is 32.2. The summed E-state index contributed by atoms with van der Waals surface area (Å²) in [7, 11) is 1.37. The van der Waals surface area contributed by atoms with E-state index >= 15 is 0 Å². The molecule has 2 aromatic rings. The summed E-state index contributed by atoms with van der Waals surface area (Å²) in [6.45, 7) is 0. The van der Waals surface area contributed by atoms with Gasteiger partial charge in [-0.3, -0.25) is 4.79 Å². The van der Waals surface area contributed by atoms with Crippen LogP contribution in [0.2, 0.25) is 0 Å². The molecule has 0 radical (unpaired) electrons. The van der Waals surface area contributed by atoms with E-state index < -0.39 is 0 Å². The van der Waals surface area contributed by atoms with E-state index in [4.69, 9.17) is 4.74 Å². The van der Waals surface area contributed by atoms with E-state index in [1.54, 1.807) is 30.1 Å². The van der Waals surface area contributed by atoms with Crippen LogP contribution in [0.4, 0.5) is 0 Å². The van der Waals surface area contributed by atoms with Crippen molar-refractivity contribution in [1.29, 1.82) is 0 Å². The highest BCUT2D eigenvalue weighted by molar-refractivity contribution is 8.00. The number of nitrogens with one attached hydrogen (secondary N) is 1. The van der Waals surface area contributed by atoms with Crippen LogP contribution in [0.3, 0.4) is 0 Å². The topological polar surface area (TPSA) is 73.2 Å². The van der Waals surface area contributed by atoms with Gasteiger partial charge in [0.2, 0.25) is 0 Å². The molecule has 4 rings (SSSR count). The number of hydrogen-bond donors (Lipinski definition) is 1. The van der Waals surface area contributed by atoms with Gasteiger partial charge in [0.05, 0.1) is 30.1 Å². The number of benzene rings is 1. The Bertz CT molecular complexity index is 897.